The fraction of sp³-hybridized carbons (Fsp3) is 0.474. The van der Waals surface area contributed by atoms with Gasteiger partial charge in [0, 0.05) is 11.8 Å². The van der Waals surface area contributed by atoms with Gasteiger partial charge in [0.2, 0.25) is 0 Å². The van der Waals surface area contributed by atoms with Crippen LogP contribution in [0.1, 0.15) is 39.7 Å². The third-order valence-electron chi connectivity index (χ3n) is 4.43. The molecule has 19 heavy (non-hydrogen) atoms. The topological polar surface area (TPSA) is 0 Å². The van der Waals surface area contributed by atoms with Crippen molar-refractivity contribution in [2.24, 2.45) is 17.3 Å². The molecule has 3 aliphatic rings. The summed E-state index contributed by atoms with van der Waals surface area (Å²) in [5.41, 5.74) is 6.57. The lowest BCUT2D eigenvalue weighted by Gasteiger charge is -2.40. The molecule has 1 aromatic carbocycles. The third-order valence-corrected chi connectivity index (χ3v) is 4.43. The normalized spacial score (nSPS) is 25.4. The van der Waals surface area contributed by atoms with E-state index in [2.05, 4.69) is 64.1 Å². The van der Waals surface area contributed by atoms with Crippen molar-refractivity contribution >= 4 is 0 Å². The van der Waals surface area contributed by atoms with Crippen LogP contribution < -0.4 is 0 Å². The highest BCUT2D eigenvalue weighted by Gasteiger charge is 2.47. The van der Waals surface area contributed by atoms with Crippen LogP contribution in [0.5, 0.6) is 0 Å². The summed E-state index contributed by atoms with van der Waals surface area (Å²) in [5, 5.41) is 0. The summed E-state index contributed by atoms with van der Waals surface area (Å²) >= 11 is 0. The van der Waals surface area contributed by atoms with Crippen LogP contribution in [0.25, 0.3) is 0 Å². The van der Waals surface area contributed by atoms with E-state index >= 15 is 0 Å². The average Bonchev–Trinajstić information content (AvgIpc) is 2.91. The van der Waals surface area contributed by atoms with Crippen LogP contribution in [0, 0.1) is 23.3 Å². The smallest absolute Gasteiger partial charge is 0.0107 e. The first-order chi connectivity index (χ1) is 9.02. The number of hydrogen-bond donors (Lipinski definition) is 0. The van der Waals surface area contributed by atoms with Crippen molar-refractivity contribution in [1.29, 1.82) is 0 Å². The summed E-state index contributed by atoms with van der Waals surface area (Å²) in [5.74, 6) is 1.25. The second-order valence-corrected chi connectivity index (χ2v) is 6.84. The quantitative estimate of drug-likeness (QED) is 0.711. The molecule has 0 N–H and O–H groups in total. The zero-order valence-corrected chi connectivity index (χ0v) is 12.5. The lowest BCUT2D eigenvalue weighted by Crippen LogP contribution is -2.29. The van der Waals surface area contributed by atoms with E-state index in [1.807, 2.05) is 0 Å². The van der Waals surface area contributed by atoms with Gasteiger partial charge in [0.1, 0.15) is 0 Å². The summed E-state index contributed by atoms with van der Waals surface area (Å²) < 4.78 is 0. The first-order valence-corrected chi connectivity index (χ1v) is 7.44. The Hall–Kier alpha value is -1.30. The highest BCUT2D eigenvalue weighted by Crippen LogP contribution is 2.58. The molecule has 2 atom stereocenters. The molecule has 1 aromatic rings. The van der Waals surface area contributed by atoms with Gasteiger partial charge < -0.3 is 0 Å². The van der Waals surface area contributed by atoms with Gasteiger partial charge in [0.25, 0.3) is 0 Å². The van der Waals surface area contributed by atoms with Crippen LogP contribution in [-0.4, -0.2) is 0 Å². The van der Waals surface area contributed by atoms with Crippen LogP contribution in [0.2, 0.25) is 0 Å². The van der Waals surface area contributed by atoms with E-state index in [4.69, 9.17) is 0 Å². The highest BCUT2D eigenvalue weighted by atomic mass is 14.5. The number of rotatable bonds is 3. The molecular weight excluding hydrogens is 228 g/mol. The summed E-state index contributed by atoms with van der Waals surface area (Å²) in [6.45, 7) is 9.29. The maximum absolute atomic E-state index is 3.75. The van der Waals surface area contributed by atoms with Gasteiger partial charge in [-0.3, -0.25) is 0 Å². The Labute approximate surface area is 117 Å². The number of allylic oxidation sites excluding steroid dienone is 4. The van der Waals surface area contributed by atoms with Crippen LogP contribution >= 0.6 is 0 Å². The molecule has 2 unspecified atom stereocenters. The van der Waals surface area contributed by atoms with Crippen molar-refractivity contribution < 1.29 is 0 Å². The minimum absolute atomic E-state index is 0.286. The molecule has 0 aliphatic heterocycles. The maximum atomic E-state index is 3.75. The van der Waals surface area contributed by atoms with E-state index in [1.54, 1.807) is 11.1 Å². The molecule has 0 spiro atoms. The van der Waals surface area contributed by atoms with Gasteiger partial charge in [0.15, 0.2) is 0 Å². The van der Waals surface area contributed by atoms with E-state index in [1.165, 1.54) is 17.6 Å². The third kappa shape index (κ3) is 1.98. The van der Waals surface area contributed by atoms with Gasteiger partial charge in [-0.25, -0.2) is 0 Å². The zero-order chi connectivity index (χ0) is 13.6. The minimum Gasteiger partial charge on any atom is -0.0645 e. The summed E-state index contributed by atoms with van der Waals surface area (Å²) in [6, 6.07) is 10.9. The SMILES string of the molecule is CCC1[C]=C2C(C(C)(C)C)=C1C2Cc1ccccc1. The maximum Gasteiger partial charge on any atom is 0.0107 e. The van der Waals surface area contributed by atoms with E-state index < -0.39 is 0 Å². The van der Waals surface area contributed by atoms with Crippen molar-refractivity contribution in [3.05, 3.63) is 58.7 Å². The van der Waals surface area contributed by atoms with E-state index in [0.29, 0.717) is 11.8 Å². The summed E-state index contributed by atoms with van der Waals surface area (Å²) in [6.07, 6.45) is 6.11. The molecular formula is C19H23. The Morgan fingerprint density at radius 3 is 2.32 bits per heavy atom. The van der Waals surface area contributed by atoms with Gasteiger partial charge >= 0.3 is 0 Å². The Kier molecular flexibility index (Phi) is 2.92. The second-order valence-electron chi connectivity index (χ2n) is 6.84. The fourth-order valence-electron chi connectivity index (χ4n) is 3.66. The Balaban J connectivity index is 1.88. The molecule has 4 rings (SSSR count). The first kappa shape index (κ1) is 12.7. The van der Waals surface area contributed by atoms with Crippen molar-refractivity contribution in [3.63, 3.8) is 0 Å². The van der Waals surface area contributed by atoms with E-state index in [0.717, 1.165) is 6.42 Å². The largest absolute Gasteiger partial charge is 0.0645 e. The molecule has 0 saturated carbocycles. The molecule has 0 aromatic heterocycles. The second kappa shape index (κ2) is 4.37. The molecule has 0 fully saturated rings. The van der Waals surface area contributed by atoms with E-state index in [9.17, 15) is 0 Å². The number of fused-ring (bicyclic) bond motifs is 1. The van der Waals surface area contributed by atoms with Crippen molar-refractivity contribution in [1.82, 2.24) is 0 Å². The number of hydrogen-bond acceptors (Lipinski definition) is 0. The molecule has 99 valence electrons. The van der Waals surface area contributed by atoms with Crippen LogP contribution in [0.3, 0.4) is 0 Å². The molecule has 1 radical (unpaired) electrons. The van der Waals surface area contributed by atoms with E-state index in [-0.39, 0.29) is 5.41 Å². The Morgan fingerprint density at radius 2 is 1.79 bits per heavy atom. The predicted octanol–water partition coefficient (Wildman–Crippen LogP) is 4.97. The van der Waals surface area contributed by atoms with Gasteiger partial charge in [0.05, 0.1) is 0 Å². The lowest BCUT2D eigenvalue weighted by atomic mass is 9.64. The van der Waals surface area contributed by atoms with Crippen LogP contribution in [-0.2, 0) is 6.42 Å². The van der Waals surface area contributed by atoms with Crippen molar-refractivity contribution in [3.8, 4) is 0 Å². The minimum atomic E-state index is 0.286. The fourth-order valence-corrected chi connectivity index (χ4v) is 3.66. The highest BCUT2D eigenvalue weighted by molar-refractivity contribution is 5.61. The standard InChI is InChI=1S/C19H23/c1-5-14-12-16-15(11-13-9-7-6-8-10-13)17(14)18(16)19(2,3)4/h6-10,14-15H,5,11H2,1-4H3. The van der Waals surface area contributed by atoms with Gasteiger partial charge in [-0.15, -0.1) is 0 Å². The number of benzene rings is 1. The molecule has 2 bridgehead atoms. The molecule has 0 heteroatoms. The molecule has 0 saturated heterocycles. The van der Waals surface area contributed by atoms with Gasteiger partial charge in [-0.1, -0.05) is 63.6 Å². The molecule has 3 aliphatic carbocycles. The van der Waals surface area contributed by atoms with Crippen molar-refractivity contribution in [2.45, 2.75) is 40.5 Å². The monoisotopic (exact) mass is 251 g/mol. The Bertz CT molecular complexity index is 537. The van der Waals surface area contributed by atoms with Crippen molar-refractivity contribution in [2.75, 3.05) is 0 Å². The van der Waals surface area contributed by atoms with Crippen LogP contribution in [0.4, 0.5) is 0 Å². The molecule has 0 amide bonds. The van der Waals surface area contributed by atoms with Crippen LogP contribution in [0.15, 0.2) is 47.1 Å². The summed E-state index contributed by atoms with van der Waals surface area (Å²) in [7, 11) is 0. The first-order valence-electron chi connectivity index (χ1n) is 7.44. The Morgan fingerprint density at radius 1 is 1.11 bits per heavy atom. The predicted molar refractivity (Wildman–Crippen MR) is 80.7 cm³/mol. The average molecular weight is 251 g/mol. The molecule has 0 heterocycles. The van der Waals surface area contributed by atoms with Gasteiger partial charge in [-0.2, -0.15) is 0 Å². The van der Waals surface area contributed by atoms with Gasteiger partial charge in [-0.05, 0) is 41.0 Å². The zero-order valence-electron chi connectivity index (χ0n) is 12.5. The lowest BCUT2D eigenvalue weighted by molar-refractivity contribution is 0.447. The summed E-state index contributed by atoms with van der Waals surface area (Å²) in [4.78, 5) is 0. The molecule has 0 nitrogen and oxygen atoms in total.